The van der Waals surface area contributed by atoms with Crippen LogP contribution in [0.4, 0.5) is 0 Å². The number of hydrogen-bond acceptors (Lipinski definition) is 0. The van der Waals surface area contributed by atoms with E-state index in [0.717, 1.165) is 0 Å². The normalized spacial score (nSPS) is 12.6. The van der Waals surface area contributed by atoms with E-state index in [1.807, 2.05) is 6.07 Å². The predicted molar refractivity (Wildman–Crippen MR) is 58.7 cm³/mol. The van der Waals surface area contributed by atoms with Gasteiger partial charge in [-0.1, -0.05) is 30.3 Å². The first-order chi connectivity index (χ1) is 5.22. The van der Waals surface area contributed by atoms with E-state index in [9.17, 15) is 0 Å². The molecule has 1 aromatic carbocycles. The van der Waals surface area contributed by atoms with Crippen LogP contribution in [0.5, 0.6) is 0 Å². The molecule has 58 valence electrons. The Bertz CT molecular complexity index is 255. The summed E-state index contributed by atoms with van der Waals surface area (Å²) in [5.74, 6) is 0. The van der Waals surface area contributed by atoms with E-state index in [0.29, 0.717) is 0 Å². The van der Waals surface area contributed by atoms with Crippen molar-refractivity contribution in [1.82, 2.24) is 0 Å². The fourth-order valence-corrected chi connectivity index (χ4v) is 1.20. The molecule has 1 aromatic rings. The van der Waals surface area contributed by atoms with E-state index in [1.165, 1.54) is 14.7 Å². The highest BCUT2D eigenvalue weighted by molar-refractivity contribution is 14.1. The highest BCUT2D eigenvalue weighted by Crippen LogP contribution is 2.21. The molecule has 0 amide bonds. The Morgan fingerprint density at radius 2 is 1.64 bits per heavy atom. The van der Waals surface area contributed by atoms with Crippen molar-refractivity contribution in [3.8, 4) is 0 Å². The average Bonchev–Trinajstić information content (AvgIpc) is 2.05. The second-order valence-corrected chi connectivity index (χ2v) is 4.14. The van der Waals surface area contributed by atoms with Gasteiger partial charge < -0.3 is 0 Å². The quantitative estimate of drug-likeness (QED) is 0.671. The smallest absolute Gasteiger partial charge is 0.00899 e. The third kappa shape index (κ3) is 2.33. The molecule has 0 radical (unpaired) electrons. The van der Waals surface area contributed by atoms with E-state index in [1.54, 1.807) is 0 Å². The lowest BCUT2D eigenvalue weighted by atomic mass is 10.1. The van der Waals surface area contributed by atoms with Crippen LogP contribution in [-0.4, -0.2) is 0 Å². The fraction of sp³-hybridized carbons (Fsp3) is 0.200. The monoisotopic (exact) mass is 258 g/mol. The van der Waals surface area contributed by atoms with Crippen LogP contribution in [0.3, 0.4) is 0 Å². The summed E-state index contributed by atoms with van der Waals surface area (Å²) in [6.45, 7) is 4.28. The first kappa shape index (κ1) is 8.78. The number of hydrogen-bond donors (Lipinski definition) is 0. The Labute approximate surface area is 81.5 Å². The molecule has 11 heavy (non-hydrogen) atoms. The molecule has 0 heterocycles. The number of benzene rings is 1. The Morgan fingerprint density at radius 3 is 2.09 bits per heavy atom. The lowest BCUT2D eigenvalue weighted by Gasteiger charge is -2.01. The van der Waals surface area contributed by atoms with Crippen LogP contribution in [0, 0.1) is 0 Å². The maximum atomic E-state index is 2.35. The summed E-state index contributed by atoms with van der Waals surface area (Å²) in [7, 11) is 0. The molecule has 0 spiro atoms. The summed E-state index contributed by atoms with van der Waals surface area (Å²) in [5, 5.41) is 0. The van der Waals surface area contributed by atoms with Gasteiger partial charge in [0.25, 0.3) is 0 Å². The summed E-state index contributed by atoms with van der Waals surface area (Å²) in [6.07, 6.45) is 0. The summed E-state index contributed by atoms with van der Waals surface area (Å²) >= 11 is 2.35. The molecule has 0 aliphatic carbocycles. The largest absolute Gasteiger partial charge is 0.0622 e. The van der Waals surface area contributed by atoms with Crippen molar-refractivity contribution in [2.75, 3.05) is 0 Å². The third-order valence-electron chi connectivity index (χ3n) is 1.72. The minimum Gasteiger partial charge on any atom is -0.0622 e. The van der Waals surface area contributed by atoms with Crippen LogP contribution in [-0.2, 0) is 0 Å². The Morgan fingerprint density at radius 1 is 1.09 bits per heavy atom. The van der Waals surface area contributed by atoms with Gasteiger partial charge in [-0.3, -0.25) is 0 Å². The van der Waals surface area contributed by atoms with E-state index in [-0.39, 0.29) is 0 Å². The molecule has 0 nitrogen and oxygen atoms in total. The van der Waals surface area contributed by atoms with Crippen molar-refractivity contribution in [2.45, 2.75) is 13.8 Å². The van der Waals surface area contributed by atoms with Gasteiger partial charge in [-0.15, -0.1) is 0 Å². The van der Waals surface area contributed by atoms with Gasteiger partial charge >= 0.3 is 0 Å². The van der Waals surface area contributed by atoms with Gasteiger partial charge in [-0.05, 0) is 51.2 Å². The van der Waals surface area contributed by atoms with Gasteiger partial charge in [0, 0.05) is 0 Å². The van der Waals surface area contributed by atoms with Gasteiger partial charge in [-0.2, -0.15) is 0 Å². The van der Waals surface area contributed by atoms with Crippen molar-refractivity contribution in [3.63, 3.8) is 0 Å². The van der Waals surface area contributed by atoms with E-state index < -0.39 is 0 Å². The van der Waals surface area contributed by atoms with Crippen molar-refractivity contribution in [2.24, 2.45) is 0 Å². The van der Waals surface area contributed by atoms with Gasteiger partial charge in [0.2, 0.25) is 0 Å². The van der Waals surface area contributed by atoms with Crippen molar-refractivity contribution < 1.29 is 0 Å². The molecule has 0 aliphatic rings. The zero-order valence-corrected chi connectivity index (χ0v) is 8.92. The second kappa shape index (κ2) is 3.90. The Hall–Kier alpha value is -0.310. The number of rotatable bonds is 1. The lowest BCUT2D eigenvalue weighted by Crippen LogP contribution is -1.78. The average molecular weight is 258 g/mol. The van der Waals surface area contributed by atoms with Crippen molar-refractivity contribution in [1.29, 1.82) is 0 Å². The zero-order chi connectivity index (χ0) is 8.27. The van der Waals surface area contributed by atoms with Crippen LogP contribution in [0.15, 0.2) is 33.9 Å². The molecule has 0 fully saturated rings. The highest BCUT2D eigenvalue weighted by atomic mass is 127. The first-order valence-corrected chi connectivity index (χ1v) is 4.68. The number of halogens is 1. The van der Waals surface area contributed by atoms with Crippen LogP contribution in [0.1, 0.15) is 19.4 Å². The Kier molecular flexibility index (Phi) is 3.12. The molecule has 1 heteroatoms. The molecule has 0 atom stereocenters. The molecule has 0 aliphatic heterocycles. The topological polar surface area (TPSA) is 0 Å². The van der Waals surface area contributed by atoms with Gasteiger partial charge in [-0.25, -0.2) is 0 Å². The number of allylic oxidation sites excluding steroid dienone is 2. The van der Waals surface area contributed by atoms with Crippen molar-refractivity contribution in [3.05, 3.63) is 39.5 Å². The summed E-state index contributed by atoms with van der Waals surface area (Å²) < 4.78 is 1.36. The summed E-state index contributed by atoms with van der Waals surface area (Å²) in [4.78, 5) is 0. The summed E-state index contributed by atoms with van der Waals surface area (Å²) in [6, 6.07) is 10.4. The van der Waals surface area contributed by atoms with Crippen LogP contribution >= 0.6 is 22.6 Å². The fourth-order valence-electron chi connectivity index (χ4n) is 0.887. The predicted octanol–water partition coefficient (Wildman–Crippen LogP) is 3.87. The minimum absolute atomic E-state index is 1.32. The molecular weight excluding hydrogens is 247 g/mol. The van der Waals surface area contributed by atoms with Crippen LogP contribution in [0.2, 0.25) is 0 Å². The first-order valence-electron chi connectivity index (χ1n) is 3.60. The van der Waals surface area contributed by atoms with E-state index in [4.69, 9.17) is 0 Å². The third-order valence-corrected chi connectivity index (χ3v) is 2.53. The standard InChI is InChI=1S/C10H11I/c1-8(9(2)11)10-6-4-3-5-7-10/h3-7H,1-2H3/b9-8+. The van der Waals surface area contributed by atoms with Gasteiger partial charge in [0.1, 0.15) is 0 Å². The molecule has 0 saturated heterocycles. The molecule has 0 aromatic heterocycles. The van der Waals surface area contributed by atoms with Gasteiger partial charge in [0.05, 0.1) is 0 Å². The second-order valence-electron chi connectivity index (χ2n) is 2.52. The van der Waals surface area contributed by atoms with Crippen LogP contribution < -0.4 is 0 Å². The SMILES string of the molecule is C/C(I)=C(/C)c1ccccc1. The molecule has 1 rings (SSSR count). The molecule has 0 saturated carbocycles. The van der Waals surface area contributed by atoms with E-state index in [2.05, 4.69) is 60.7 Å². The molecular formula is C10H11I. The van der Waals surface area contributed by atoms with Gasteiger partial charge in [0.15, 0.2) is 0 Å². The highest BCUT2D eigenvalue weighted by Gasteiger charge is 1.95. The minimum atomic E-state index is 1.32. The molecule has 0 N–H and O–H groups in total. The van der Waals surface area contributed by atoms with E-state index >= 15 is 0 Å². The maximum Gasteiger partial charge on any atom is -0.00899 e. The zero-order valence-electron chi connectivity index (χ0n) is 6.76. The van der Waals surface area contributed by atoms with Crippen molar-refractivity contribution >= 4 is 28.2 Å². The Balaban J connectivity index is 3.04. The van der Waals surface area contributed by atoms with Crippen LogP contribution in [0.25, 0.3) is 5.57 Å². The molecule has 0 unspecified atom stereocenters. The lowest BCUT2D eigenvalue weighted by molar-refractivity contribution is 1.54. The maximum absolute atomic E-state index is 2.35. The molecule has 0 bridgehead atoms. The summed E-state index contributed by atoms with van der Waals surface area (Å²) in [5.41, 5.74) is 2.69.